The first-order valence-electron chi connectivity index (χ1n) is 6.25. The molecule has 1 aliphatic heterocycles. The maximum Gasteiger partial charge on any atom is 0.225 e. The zero-order valence-corrected chi connectivity index (χ0v) is 10.3. The summed E-state index contributed by atoms with van der Waals surface area (Å²) >= 11 is 0. The Labute approximate surface area is 93.8 Å². The Kier molecular flexibility index (Phi) is 2.82. The van der Waals surface area contributed by atoms with Gasteiger partial charge < -0.3 is 4.90 Å². The highest BCUT2D eigenvalue weighted by atomic mass is 16.2. The van der Waals surface area contributed by atoms with Gasteiger partial charge in [0.15, 0.2) is 0 Å². The summed E-state index contributed by atoms with van der Waals surface area (Å²) in [6.07, 6.45) is 6.11. The Morgan fingerprint density at radius 2 is 2.00 bits per heavy atom. The fraction of sp³-hybridized carbons (Fsp3) is 0.917. The molecule has 84 valence electrons. The van der Waals surface area contributed by atoms with Crippen molar-refractivity contribution in [2.75, 3.05) is 13.6 Å². The van der Waals surface area contributed by atoms with E-state index in [9.17, 15) is 4.79 Å². The number of carbonyl (C=O) groups excluding carboxylic acids is 1. The average Bonchev–Trinajstić information content (AvgIpc) is 2.32. The Morgan fingerprint density at radius 3 is 2.73 bits per heavy atom. The number of rotatable bonds is 0. The van der Waals surface area contributed by atoms with Crippen LogP contribution in [0.15, 0.2) is 0 Å². The van der Waals surface area contributed by atoms with Crippen LogP contribution in [0.5, 0.6) is 0 Å². The number of hydrogen-bond acceptors (Lipinski definition) is 1. The summed E-state index contributed by atoms with van der Waals surface area (Å²) in [6.45, 7) is 3.32. The average molecular weight is 207 g/mol. The van der Waals surface area contributed by atoms with Crippen LogP contribution in [0.25, 0.3) is 0 Å². The Balaban J connectivity index is 2.10. The molecule has 15 heavy (non-hydrogen) atoms. The van der Waals surface area contributed by atoms with Crippen molar-refractivity contribution in [2.45, 2.75) is 44.3 Å². The van der Waals surface area contributed by atoms with E-state index < -0.39 is 0 Å². The molecule has 2 fully saturated rings. The first kappa shape index (κ1) is 11.0. The number of likely N-dealkylation sites (tertiary alicyclic amines) is 1. The molecule has 3 atom stereocenters. The molecule has 0 bridgehead atoms. The smallest absolute Gasteiger partial charge is 0.225 e. The first-order chi connectivity index (χ1) is 6.99. The molecule has 1 heterocycles. The molecule has 3 unspecified atom stereocenters. The van der Waals surface area contributed by atoms with E-state index in [0.29, 0.717) is 23.1 Å². The molecule has 0 aromatic carbocycles. The summed E-state index contributed by atoms with van der Waals surface area (Å²) in [5.41, 5.74) is 0. The van der Waals surface area contributed by atoms with Gasteiger partial charge in [0, 0.05) is 19.5 Å². The largest absolute Gasteiger partial charge is 0.346 e. The van der Waals surface area contributed by atoms with E-state index in [2.05, 4.69) is 14.8 Å². The zero-order valence-electron chi connectivity index (χ0n) is 10.3. The fourth-order valence-electron chi connectivity index (χ4n) is 3.11. The van der Waals surface area contributed by atoms with Crippen molar-refractivity contribution < 1.29 is 4.79 Å². The van der Waals surface area contributed by atoms with Gasteiger partial charge in [0.05, 0.1) is 0 Å². The van der Waals surface area contributed by atoms with Gasteiger partial charge in [-0.1, -0.05) is 25.1 Å². The normalized spacial score (nSPS) is 42.3. The quantitative estimate of drug-likeness (QED) is 0.551. The maximum atomic E-state index is 12.0. The highest BCUT2D eigenvalue weighted by Gasteiger charge is 2.38. The van der Waals surface area contributed by atoms with E-state index in [1.165, 1.54) is 25.7 Å². The van der Waals surface area contributed by atoms with Crippen LogP contribution in [0, 0.1) is 11.8 Å². The van der Waals surface area contributed by atoms with Gasteiger partial charge in [0.1, 0.15) is 7.85 Å². The van der Waals surface area contributed by atoms with Crippen LogP contribution in [0.1, 0.15) is 39.0 Å². The summed E-state index contributed by atoms with van der Waals surface area (Å²) in [6, 6.07) is 0. The number of nitrogens with zero attached hydrogens (tertiary/aromatic N) is 1. The summed E-state index contributed by atoms with van der Waals surface area (Å²) in [7, 11) is 4.30. The van der Waals surface area contributed by atoms with Crippen molar-refractivity contribution in [3.63, 3.8) is 0 Å². The summed E-state index contributed by atoms with van der Waals surface area (Å²) in [4.78, 5) is 14.0. The lowest BCUT2D eigenvalue weighted by Gasteiger charge is -2.35. The lowest BCUT2D eigenvalue weighted by molar-refractivity contribution is -0.139. The van der Waals surface area contributed by atoms with Crippen LogP contribution in [0.3, 0.4) is 0 Å². The van der Waals surface area contributed by atoms with E-state index >= 15 is 0 Å². The Morgan fingerprint density at radius 1 is 1.33 bits per heavy atom. The predicted molar refractivity (Wildman–Crippen MR) is 64.6 cm³/mol. The molecule has 1 saturated heterocycles. The molecule has 2 nitrogen and oxygen atoms in total. The molecule has 1 saturated carbocycles. The van der Waals surface area contributed by atoms with Crippen LogP contribution in [-0.4, -0.2) is 32.2 Å². The second kappa shape index (κ2) is 3.84. The van der Waals surface area contributed by atoms with Gasteiger partial charge >= 0.3 is 0 Å². The summed E-state index contributed by atoms with van der Waals surface area (Å²) in [5, 5.41) is 0.455. The lowest BCUT2D eigenvalue weighted by Crippen LogP contribution is -2.42. The molecule has 0 N–H and O–H groups in total. The van der Waals surface area contributed by atoms with E-state index in [4.69, 9.17) is 0 Å². The van der Waals surface area contributed by atoms with Crippen molar-refractivity contribution in [1.82, 2.24) is 4.90 Å². The molecule has 0 aromatic heterocycles. The zero-order chi connectivity index (χ0) is 11.1. The molecule has 1 aliphatic carbocycles. The van der Waals surface area contributed by atoms with Gasteiger partial charge in [-0.3, -0.25) is 4.79 Å². The minimum Gasteiger partial charge on any atom is -0.346 e. The second-order valence-electron chi connectivity index (χ2n) is 6.16. The lowest BCUT2D eigenvalue weighted by atomic mass is 9.65. The van der Waals surface area contributed by atoms with Gasteiger partial charge in [-0.15, -0.1) is 0 Å². The maximum absolute atomic E-state index is 12.0. The molecule has 1 amide bonds. The third-order valence-corrected chi connectivity index (χ3v) is 4.42. The van der Waals surface area contributed by atoms with Crippen molar-refractivity contribution in [1.29, 1.82) is 0 Å². The standard InChI is InChI=1S/C12H22BNO/c1-12(13)6-3-9-5-8-14(2)11(15)10(9)4-7-12/h9-10H,3-8,13H2,1-2H3. The van der Waals surface area contributed by atoms with Gasteiger partial charge in [0.2, 0.25) is 5.91 Å². The summed E-state index contributed by atoms with van der Waals surface area (Å²) in [5.74, 6) is 1.42. The molecule has 0 radical (unpaired) electrons. The number of hydrogen-bond donors (Lipinski definition) is 0. The van der Waals surface area contributed by atoms with Gasteiger partial charge in [-0.2, -0.15) is 0 Å². The molecule has 0 spiro atoms. The Bertz CT molecular complexity index is 264. The molecular formula is C12H22BNO. The third-order valence-electron chi connectivity index (χ3n) is 4.42. The predicted octanol–water partition coefficient (Wildman–Crippen LogP) is 1.47. The minimum atomic E-state index is 0.338. The number of fused-ring (bicyclic) bond motifs is 1. The van der Waals surface area contributed by atoms with E-state index in [0.717, 1.165) is 13.0 Å². The van der Waals surface area contributed by atoms with E-state index in [1.807, 2.05) is 11.9 Å². The number of amides is 1. The van der Waals surface area contributed by atoms with Gasteiger partial charge in [-0.05, 0) is 25.2 Å². The highest BCUT2D eigenvalue weighted by Crippen LogP contribution is 2.44. The van der Waals surface area contributed by atoms with Gasteiger partial charge in [-0.25, -0.2) is 0 Å². The monoisotopic (exact) mass is 207 g/mol. The van der Waals surface area contributed by atoms with E-state index in [1.54, 1.807) is 0 Å². The molecule has 0 aromatic rings. The molecular weight excluding hydrogens is 185 g/mol. The van der Waals surface area contributed by atoms with Gasteiger partial charge in [0.25, 0.3) is 0 Å². The fourth-order valence-corrected chi connectivity index (χ4v) is 3.11. The van der Waals surface area contributed by atoms with Crippen LogP contribution in [0.2, 0.25) is 5.31 Å². The van der Waals surface area contributed by atoms with Crippen LogP contribution in [-0.2, 0) is 4.79 Å². The number of carbonyl (C=O) groups is 1. The van der Waals surface area contributed by atoms with Crippen LogP contribution < -0.4 is 0 Å². The molecule has 2 aliphatic rings. The first-order valence-corrected chi connectivity index (χ1v) is 6.25. The van der Waals surface area contributed by atoms with Crippen molar-refractivity contribution in [3.8, 4) is 0 Å². The van der Waals surface area contributed by atoms with Crippen molar-refractivity contribution in [2.24, 2.45) is 11.8 Å². The Hall–Kier alpha value is -0.465. The van der Waals surface area contributed by atoms with E-state index in [-0.39, 0.29) is 0 Å². The third kappa shape index (κ3) is 2.21. The van der Waals surface area contributed by atoms with Crippen molar-refractivity contribution >= 4 is 13.8 Å². The minimum absolute atomic E-state index is 0.338. The highest BCUT2D eigenvalue weighted by molar-refractivity contribution is 6.14. The topological polar surface area (TPSA) is 20.3 Å². The molecule has 3 heteroatoms. The van der Waals surface area contributed by atoms with Crippen LogP contribution in [0.4, 0.5) is 0 Å². The van der Waals surface area contributed by atoms with Crippen LogP contribution >= 0.6 is 0 Å². The van der Waals surface area contributed by atoms with Crippen molar-refractivity contribution in [3.05, 3.63) is 0 Å². The second-order valence-corrected chi connectivity index (χ2v) is 6.16. The SMILES string of the molecule is BC1(C)CCC2CCN(C)C(=O)C2CC1. The number of piperidine rings is 1. The molecule has 2 rings (SSSR count). The summed E-state index contributed by atoms with van der Waals surface area (Å²) < 4.78 is 0.